The van der Waals surface area contributed by atoms with Crippen LogP contribution in [0, 0.1) is 24.0 Å². The number of rotatable bonds is 9. The number of thioether (sulfide) groups is 1. The average molecular weight is 429 g/mol. The molecule has 1 atom stereocenters. The van der Waals surface area contributed by atoms with E-state index in [9.17, 15) is 10.1 Å². The van der Waals surface area contributed by atoms with Crippen LogP contribution >= 0.6 is 11.8 Å². The third-order valence-corrected chi connectivity index (χ3v) is 5.69. The van der Waals surface area contributed by atoms with Crippen molar-refractivity contribution in [3.63, 3.8) is 0 Å². The maximum Gasteiger partial charge on any atom is 0.220 e. The highest BCUT2D eigenvalue weighted by atomic mass is 32.2. The molecule has 158 valence electrons. The van der Waals surface area contributed by atoms with Crippen molar-refractivity contribution in [3.8, 4) is 17.2 Å². The molecular formula is C21H24N4O4S. The number of nitrogens with zero attached hydrogens (tertiary/aromatic N) is 4. The fraction of sp³-hybridized carbons (Fsp3) is 0.333. The number of methoxy groups -OCH3 is 1. The van der Waals surface area contributed by atoms with Crippen LogP contribution in [0.3, 0.4) is 0 Å². The minimum absolute atomic E-state index is 0.262. The van der Waals surface area contributed by atoms with Crippen LogP contribution in [0.25, 0.3) is 5.69 Å². The second kappa shape index (κ2) is 9.62. The molecule has 0 aliphatic heterocycles. The van der Waals surface area contributed by atoms with Gasteiger partial charge in [-0.3, -0.25) is 14.7 Å². The van der Waals surface area contributed by atoms with E-state index in [1.165, 1.54) is 11.8 Å². The molecule has 3 aromatic rings. The van der Waals surface area contributed by atoms with Crippen molar-refractivity contribution in [3.05, 3.63) is 69.5 Å². The lowest BCUT2D eigenvalue weighted by Gasteiger charge is -2.16. The summed E-state index contributed by atoms with van der Waals surface area (Å²) >= 11 is 1.31. The normalized spacial score (nSPS) is 11.9. The van der Waals surface area contributed by atoms with Gasteiger partial charge in [-0.15, -0.1) is 10.2 Å². The summed E-state index contributed by atoms with van der Waals surface area (Å²) in [6.45, 7) is 6.01. The van der Waals surface area contributed by atoms with E-state index in [0.29, 0.717) is 29.1 Å². The number of aryl methyl sites for hydroxylation is 2. The summed E-state index contributed by atoms with van der Waals surface area (Å²) in [6, 6.07) is 13.4. The van der Waals surface area contributed by atoms with Gasteiger partial charge in [0.15, 0.2) is 16.7 Å². The van der Waals surface area contributed by atoms with Crippen molar-refractivity contribution in [2.24, 2.45) is 0 Å². The molecule has 1 aromatic heterocycles. The van der Waals surface area contributed by atoms with Crippen LogP contribution in [0.15, 0.2) is 47.6 Å². The van der Waals surface area contributed by atoms with E-state index in [0.717, 1.165) is 16.8 Å². The van der Waals surface area contributed by atoms with Crippen molar-refractivity contribution in [1.82, 2.24) is 14.8 Å². The van der Waals surface area contributed by atoms with Crippen LogP contribution in [-0.2, 0) is 0 Å². The lowest BCUT2D eigenvalue weighted by atomic mass is 10.1. The highest BCUT2D eigenvalue weighted by Gasteiger charge is 2.25. The van der Waals surface area contributed by atoms with Gasteiger partial charge in [0.05, 0.1) is 13.7 Å². The quantitative estimate of drug-likeness (QED) is 0.283. The molecule has 0 unspecified atom stereocenters. The highest BCUT2D eigenvalue weighted by molar-refractivity contribution is 7.99. The molecule has 0 N–H and O–H groups in total. The first kappa shape index (κ1) is 21.6. The van der Waals surface area contributed by atoms with Gasteiger partial charge in [0, 0.05) is 10.6 Å². The molecule has 3 rings (SSSR count). The summed E-state index contributed by atoms with van der Waals surface area (Å²) in [7, 11) is 1.55. The molecule has 0 radical (unpaired) electrons. The molecule has 2 aromatic carbocycles. The van der Waals surface area contributed by atoms with Crippen molar-refractivity contribution in [2.75, 3.05) is 20.3 Å². The number of ether oxygens (including phenoxy) is 2. The van der Waals surface area contributed by atoms with Gasteiger partial charge in [-0.25, -0.2) is 0 Å². The van der Waals surface area contributed by atoms with E-state index in [1.54, 1.807) is 19.2 Å². The molecule has 30 heavy (non-hydrogen) atoms. The Balaban J connectivity index is 1.97. The standard InChI is InChI=1S/C21H24N4O4S/c1-5-29-18-11-8-16(12-19(18)28-4)20(13-24(26)27)30-21-23-22-15(3)25(21)17-9-6-14(2)7-10-17/h6-12,20H,5,13H2,1-4H3/t20-/m0/s1. The summed E-state index contributed by atoms with van der Waals surface area (Å²) in [6.07, 6.45) is 0. The molecule has 0 saturated carbocycles. The van der Waals surface area contributed by atoms with Gasteiger partial charge in [0.25, 0.3) is 0 Å². The Labute approximate surface area is 179 Å². The fourth-order valence-electron chi connectivity index (χ4n) is 3.04. The zero-order valence-electron chi connectivity index (χ0n) is 17.4. The number of hydrogen-bond acceptors (Lipinski definition) is 7. The van der Waals surface area contributed by atoms with Gasteiger partial charge in [-0.1, -0.05) is 35.5 Å². The van der Waals surface area contributed by atoms with Crippen LogP contribution in [0.5, 0.6) is 11.5 Å². The van der Waals surface area contributed by atoms with E-state index < -0.39 is 5.25 Å². The Hall–Kier alpha value is -3.07. The van der Waals surface area contributed by atoms with Gasteiger partial charge < -0.3 is 9.47 Å². The molecule has 9 heteroatoms. The molecule has 0 aliphatic carbocycles. The third-order valence-electron chi connectivity index (χ3n) is 4.51. The average Bonchev–Trinajstić information content (AvgIpc) is 3.08. The molecule has 8 nitrogen and oxygen atoms in total. The molecule has 0 fully saturated rings. The highest BCUT2D eigenvalue weighted by Crippen LogP contribution is 2.39. The zero-order valence-corrected chi connectivity index (χ0v) is 18.2. The van der Waals surface area contributed by atoms with Crippen LogP contribution in [-0.4, -0.2) is 39.9 Å². The minimum atomic E-state index is -0.475. The van der Waals surface area contributed by atoms with Gasteiger partial charge in [0.1, 0.15) is 11.1 Å². The Morgan fingerprint density at radius 3 is 2.50 bits per heavy atom. The first-order chi connectivity index (χ1) is 14.4. The topological polar surface area (TPSA) is 92.3 Å². The van der Waals surface area contributed by atoms with E-state index in [4.69, 9.17) is 9.47 Å². The summed E-state index contributed by atoms with van der Waals surface area (Å²) in [5, 5.41) is 20.0. The zero-order chi connectivity index (χ0) is 21.7. The summed E-state index contributed by atoms with van der Waals surface area (Å²) < 4.78 is 12.9. The Bertz CT molecular complexity index is 1020. The maximum absolute atomic E-state index is 11.4. The molecule has 0 bridgehead atoms. The lowest BCUT2D eigenvalue weighted by molar-refractivity contribution is -0.479. The number of nitro groups is 1. The second-order valence-electron chi connectivity index (χ2n) is 6.67. The van der Waals surface area contributed by atoms with E-state index >= 15 is 0 Å². The van der Waals surface area contributed by atoms with Gasteiger partial charge >= 0.3 is 0 Å². The van der Waals surface area contributed by atoms with Crippen molar-refractivity contribution in [2.45, 2.75) is 31.2 Å². The number of aromatic nitrogens is 3. The maximum atomic E-state index is 11.4. The van der Waals surface area contributed by atoms with Crippen LogP contribution in [0.4, 0.5) is 0 Å². The first-order valence-electron chi connectivity index (χ1n) is 9.51. The predicted molar refractivity (Wildman–Crippen MR) is 115 cm³/mol. The van der Waals surface area contributed by atoms with Crippen LogP contribution in [0.2, 0.25) is 0 Å². The Kier molecular flexibility index (Phi) is 6.94. The number of hydrogen-bond donors (Lipinski definition) is 0. The van der Waals surface area contributed by atoms with Gasteiger partial charge in [0.2, 0.25) is 6.54 Å². The monoisotopic (exact) mass is 428 g/mol. The molecule has 0 amide bonds. The second-order valence-corrected chi connectivity index (χ2v) is 7.84. The van der Waals surface area contributed by atoms with Gasteiger partial charge in [-0.05, 0) is 50.6 Å². The third kappa shape index (κ3) is 4.91. The lowest BCUT2D eigenvalue weighted by Crippen LogP contribution is -2.11. The van der Waals surface area contributed by atoms with E-state index in [2.05, 4.69) is 10.2 Å². The number of benzene rings is 2. The largest absolute Gasteiger partial charge is 0.493 e. The SMILES string of the molecule is CCOc1ccc([C@H](C[N+](=O)[O-])Sc2nnc(C)n2-c2ccc(C)cc2)cc1OC. The van der Waals surface area contributed by atoms with Crippen molar-refractivity contribution < 1.29 is 14.4 Å². The minimum Gasteiger partial charge on any atom is -0.493 e. The fourth-order valence-corrected chi connectivity index (χ4v) is 4.21. The predicted octanol–water partition coefficient (Wildman–Crippen LogP) is 4.40. The van der Waals surface area contributed by atoms with E-state index in [-0.39, 0.29) is 11.5 Å². The Morgan fingerprint density at radius 1 is 1.13 bits per heavy atom. The molecule has 0 spiro atoms. The van der Waals surface area contributed by atoms with E-state index in [1.807, 2.05) is 55.7 Å². The van der Waals surface area contributed by atoms with Crippen molar-refractivity contribution in [1.29, 1.82) is 0 Å². The molecular weight excluding hydrogens is 404 g/mol. The first-order valence-corrected chi connectivity index (χ1v) is 10.4. The van der Waals surface area contributed by atoms with Crippen LogP contribution in [0.1, 0.15) is 29.1 Å². The molecule has 0 aliphatic rings. The Morgan fingerprint density at radius 2 is 1.87 bits per heavy atom. The van der Waals surface area contributed by atoms with Gasteiger partial charge in [-0.2, -0.15) is 0 Å². The molecule has 1 heterocycles. The molecule has 0 saturated heterocycles. The van der Waals surface area contributed by atoms with Crippen LogP contribution < -0.4 is 9.47 Å². The van der Waals surface area contributed by atoms with Crippen molar-refractivity contribution >= 4 is 11.8 Å². The summed E-state index contributed by atoms with van der Waals surface area (Å²) in [5.74, 6) is 1.86. The summed E-state index contributed by atoms with van der Waals surface area (Å²) in [4.78, 5) is 11.1. The summed E-state index contributed by atoms with van der Waals surface area (Å²) in [5.41, 5.74) is 2.81. The smallest absolute Gasteiger partial charge is 0.220 e.